The van der Waals surface area contributed by atoms with Gasteiger partial charge in [-0.1, -0.05) is 36.4 Å². The van der Waals surface area contributed by atoms with E-state index >= 15 is 0 Å². The van der Waals surface area contributed by atoms with E-state index < -0.39 is 0 Å². The Morgan fingerprint density at radius 1 is 1.00 bits per heavy atom. The summed E-state index contributed by atoms with van der Waals surface area (Å²) in [5.74, 6) is -0.248. The fraction of sp³-hybridized carbons (Fsp3) is 0.200. The van der Waals surface area contributed by atoms with Crippen LogP contribution in [0.3, 0.4) is 0 Å². The lowest BCUT2D eigenvalue weighted by Crippen LogP contribution is -2.10. The van der Waals surface area contributed by atoms with Crippen LogP contribution in [0.5, 0.6) is 0 Å². The van der Waals surface area contributed by atoms with Crippen molar-refractivity contribution in [2.24, 2.45) is 5.73 Å². The van der Waals surface area contributed by atoms with Gasteiger partial charge in [0, 0.05) is 24.3 Å². The zero-order valence-electron chi connectivity index (χ0n) is 10.2. The molecule has 2 rings (SSSR count). The standard InChI is InChI=1S/C15H17FN2/c16-14-7-4-8-15(13(14)11-17)18-10-9-12-5-2-1-3-6-12/h1-8,18H,9-11,17H2. The maximum Gasteiger partial charge on any atom is 0.129 e. The number of benzene rings is 2. The van der Waals surface area contributed by atoms with E-state index in [2.05, 4.69) is 17.4 Å². The minimum Gasteiger partial charge on any atom is -0.384 e. The Morgan fingerprint density at radius 2 is 1.78 bits per heavy atom. The SMILES string of the molecule is NCc1c(F)cccc1NCCc1ccccc1. The molecule has 94 valence electrons. The van der Waals surface area contributed by atoms with Gasteiger partial charge in [0.1, 0.15) is 5.82 Å². The maximum absolute atomic E-state index is 13.5. The Kier molecular flexibility index (Phi) is 4.31. The number of nitrogens with one attached hydrogen (secondary N) is 1. The minimum atomic E-state index is -0.248. The van der Waals surface area contributed by atoms with E-state index in [4.69, 9.17) is 5.73 Å². The summed E-state index contributed by atoms with van der Waals surface area (Å²) in [6.45, 7) is 0.973. The number of anilines is 1. The Bertz CT molecular complexity index is 497. The molecule has 2 aromatic rings. The van der Waals surface area contributed by atoms with Crippen LogP contribution in [0.1, 0.15) is 11.1 Å². The average molecular weight is 244 g/mol. The van der Waals surface area contributed by atoms with Gasteiger partial charge in [0.2, 0.25) is 0 Å². The molecule has 0 heterocycles. The summed E-state index contributed by atoms with van der Waals surface area (Å²) in [6.07, 6.45) is 0.904. The predicted molar refractivity (Wildman–Crippen MR) is 72.9 cm³/mol. The lowest BCUT2D eigenvalue weighted by molar-refractivity contribution is 0.611. The van der Waals surface area contributed by atoms with Crippen LogP contribution in [-0.4, -0.2) is 6.54 Å². The van der Waals surface area contributed by atoms with Crippen molar-refractivity contribution < 1.29 is 4.39 Å². The van der Waals surface area contributed by atoms with Crippen LogP contribution < -0.4 is 11.1 Å². The second-order valence-electron chi connectivity index (χ2n) is 4.13. The third-order valence-electron chi connectivity index (χ3n) is 2.89. The number of hydrogen-bond donors (Lipinski definition) is 2. The van der Waals surface area contributed by atoms with Crippen LogP contribution in [-0.2, 0) is 13.0 Å². The summed E-state index contributed by atoms with van der Waals surface area (Å²) in [4.78, 5) is 0. The lowest BCUT2D eigenvalue weighted by Gasteiger charge is -2.11. The highest BCUT2D eigenvalue weighted by Gasteiger charge is 2.05. The second-order valence-corrected chi connectivity index (χ2v) is 4.13. The molecule has 0 atom stereocenters. The topological polar surface area (TPSA) is 38.0 Å². The van der Waals surface area contributed by atoms with E-state index in [0.717, 1.165) is 18.7 Å². The number of halogens is 1. The van der Waals surface area contributed by atoms with E-state index in [-0.39, 0.29) is 12.4 Å². The van der Waals surface area contributed by atoms with Crippen molar-refractivity contribution >= 4 is 5.69 Å². The Balaban J connectivity index is 1.96. The molecule has 0 radical (unpaired) electrons. The molecule has 0 saturated heterocycles. The zero-order valence-corrected chi connectivity index (χ0v) is 10.2. The summed E-state index contributed by atoms with van der Waals surface area (Å²) >= 11 is 0. The molecular formula is C15H17FN2. The molecule has 0 aliphatic carbocycles. The summed E-state index contributed by atoms with van der Waals surface area (Å²) in [5, 5.41) is 3.23. The van der Waals surface area contributed by atoms with Crippen molar-refractivity contribution in [1.29, 1.82) is 0 Å². The molecule has 0 spiro atoms. The monoisotopic (exact) mass is 244 g/mol. The molecular weight excluding hydrogens is 227 g/mol. The summed E-state index contributed by atoms with van der Waals surface area (Å²) < 4.78 is 13.5. The number of nitrogens with two attached hydrogens (primary N) is 1. The van der Waals surface area contributed by atoms with Crippen LogP contribution in [0.2, 0.25) is 0 Å². The lowest BCUT2D eigenvalue weighted by atomic mass is 10.1. The Labute approximate surface area is 107 Å². The number of hydrogen-bond acceptors (Lipinski definition) is 2. The predicted octanol–water partition coefficient (Wildman–Crippen LogP) is 2.94. The van der Waals surface area contributed by atoms with Gasteiger partial charge in [-0.2, -0.15) is 0 Å². The summed E-state index contributed by atoms with van der Waals surface area (Å²) in [5.41, 5.74) is 8.15. The smallest absolute Gasteiger partial charge is 0.129 e. The molecule has 2 nitrogen and oxygen atoms in total. The van der Waals surface area contributed by atoms with Crippen LogP contribution in [0, 0.1) is 5.82 Å². The van der Waals surface area contributed by atoms with Gasteiger partial charge in [-0.15, -0.1) is 0 Å². The molecule has 0 aliphatic heterocycles. The van der Waals surface area contributed by atoms with Crippen molar-refractivity contribution in [2.45, 2.75) is 13.0 Å². The van der Waals surface area contributed by atoms with Gasteiger partial charge in [0.05, 0.1) is 0 Å². The highest BCUT2D eigenvalue weighted by Crippen LogP contribution is 2.18. The first-order valence-electron chi connectivity index (χ1n) is 6.06. The fourth-order valence-corrected chi connectivity index (χ4v) is 1.92. The zero-order chi connectivity index (χ0) is 12.8. The van der Waals surface area contributed by atoms with Crippen molar-refractivity contribution in [2.75, 3.05) is 11.9 Å². The molecule has 0 aromatic heterocycles. The first kappa shape index (κ1) is 12.6. The maximum atomic E-state index is 13.5. The van der Waals surface area contributed by atoms with Crippen LogP contribution in [0.15, 0.2) is 48.5 Å². The molecule has 0 amide bonds. The van der Waals surface area contributed by atoms with Crippen LogP contribution in [0.4, 0.5) is 10.1 Å². The summed E-state index contributed by atoms with van der Waals surface area (Å²) in [7, 11) is 0. The van der Waals surface area contributed by atoms with E-state index in [0.29, 0.717) is 5.56 Å². The van der Waals surface area contributed by atoms with Crippen LogP contribution >= 0.6 is 0 Å². The molecule has 3 heteroatoms. The summed E-state index contributed by atoms with van der Waals surface area (Å²) in [6, 6.07) is 15.2. The minimum absolute atomic E-state index is 0.209. The molecule has 2 aromatic carbocycles. The largest absolute Gasteiger partial charge is 0.384 e. The highest BCUT2D eigenvalue weighted by atomic mass is 19.1. The highest BCUT2D eigenvalue weighted by molar-refractivity contribution is 5.51. The van der Waals surface area contributed by atoms with Gasteiger partial charge in [-0.25, -0.2) is 4.39 Å². The van der Waals surface area contributed by atoms with Gasteiger partial charge < -0.3 is 11.1 Å². The first-order valence-corrected chi connectivity index (χ1v) is 6.06. The average Bonchev–Trinajstić information content (AvgIpc) is 2.40. The molecule has 3 N–H and O–H groups in total. The fourth-order valence-electron chi connectivity index (χ4n) is 1.92. The van der Waals surface area contributed by atoms with Crippen molar-refractivity contribution in [1.82, 2.24) is 0 Å². The van der Waals surface area contributed by atoms with Gasteiger partial charge in [-0.3, -0.25) is 0 Å². The molecule has 18 heavy (non-hydrogen) atoms. The Hall–Kier alpha value is -1.87. The molecule has 0 saturated carbocycles. The molecule has 0 bridgehead atoms. The van der Waals surface area contributed by atoms with Crippen molar-refractivity contribution in [3.8, 4) is 0 Å². The van der Waals surface area contributed by atoms with E-state index in [9.17, 15) is 4.39 Å². The van der Waals surface area contributed by atoms with Gasteiger partial charge in [0.15, 0.2) is 0 Å². The third-order valence-corrected chi connectivity index (χ3v) is 2.89. The number of rotatable bonds is 5. The second kappa shape index (κ2) is 6.17. The van der Waals surface area contributed by atoms with Crippen molar-refractivity contribution in [3.05, 3.63) is 65.5 Å². The first-order chi connectivity index (χ1) is 8.81. The van der Waals surface area contributed by atoms with Gasteiger partial charge in [-0.05, 0) is 24.1 Å². The van der Waals surface area contributed by atoms with Gasteiger partial charge in [0.25, 0.3) is 0 Å². The molecule has 0 unspecified atom stereocenters. The van der Waals surface area contributed by atoms with Gasteiger partial charge >= 0.3 is 0 Å². The molecule has 0 aliphatic rings. The molecule has 0 fully saturated rings. The van der Waals surface area contributed by atoms with E-state index in [1.165, 1.54) is 11.6 Å². The van der Waals surface area contributed by atoms with Crippen molar-refractivity contribution in [3.63, 3.8) is 0 Å². The van der Waals surface area contributed by atoms with Crippen LogP contribution in [0.25, 0.3) is 0 Å². The Morgan fingerprint density at radius 3 is 2.50 bits per heavy atom. The third kappa shape index (κ3) is 3.08. The quantitative estimate of drug-likeness (QED) is 0.848. The van der Waals surface area contributed by atoms with E-state index in [1.54, 1.807) is 6.07 Å². The van der Waals surface area contributed by atoms with E-state index in [1.807, 2.05) is 24.3 Å². The normalized spacial score (nSPS) is 10.3.